The normalized spacial score (nSPS) is 9.91. The minimum absolute atomic E-state index is 0.00566. The number of hydrogen-bond donors (Lipinski definition) is 4. The molecule has 9 heteroatoms. The summed E-state index contributed by atoms with van der Waals surface area (Å²) < 4.78 is 0. The van der Waals surface area contributed by atoms with Crippen LogP contribution in [-0.4, -0.2) is 53.6 Å². The zero-order valence-electron chi connectivity index (χ0n) is 12.5. The van der Waals surface area contributed by atoms with Crippen LogP contribution in [0, 0.1) is 0 Å². The van der Waals surface area contributed by atoms with E-state index >= 15 is 0 Å². The Morgan fingerprint density at radius 2 is 1.82 bits per heavy atom. The van der Waals surface area contributed by atoms with Gasteiger partial charge in [0.2, 0.25) is 11.8 Å². The summed E-state index contributed by atoms with van der Waals surface area (Å²) in [5.41, 5.74) is 0.177. The Kier molecular flexibility index (Phi) is 6.74. The second-order valence-corrected chi connectivity index (χ2v) is 4.48. The van der Waals surface area contributed by atoms with Gasteiger partial charge in [0, 0.05) is 39.9 Å². The van der Waals surface area contributed by atoms with Gasteiger partial charge in [-0.3, -0.25) is 19.2 Å². The summed E-state index contributed by atoms with van der Waals surface area (Å²) in [4.78, 5) is 51.7. The predicted octanol–water partition coefficient (Wildman–Crippen LogP) is -1.02. The zero-order chi connectivity index (χ0) is 16.5. The number of hydrogen-bond acceptors (Lipinski definition) is 5. The molecule has 4 N–H and O–H groups in total. The van der Waals surface area contributed by atoms with E-state index in [0.717, 1.165) is 0 Å². The van der Waals surface area contributed by atoms with Gasteiger partial charge >= 0.3 is 0 Å². The molecule has 120 valence electrons. The molecule has 22 heavy (non-hydrogen) atoms. The minimum atomic E-state index is -0.476. The Morgan fingerprint density at radius 3 is 2.45 bits per heavy atom. The van der Waals surface area contributed by atoms with Gasteiger partial charge in [-0.05, 0) is 0 Å². The van der Waals surface area contributed by atoms with Crippen LogP contribution in [-0.2, 0) is 9.59 Å². The molecule has 0 spiro atoms. The van der Waals surface area contributed by atoms with E-state index in [1.807, 2.05) is 0 Å². The van der Waals surface area contributed by atoms with E-state index in [4.69, 9.17) is 0 Å². The number of H-pyrrole nitrogens is 1. The number of aromatic nitrogens is 2. The van der Waals surface area contributed by atoms with Gasteiger partial charge in [0.05, 0.1) is 6.20 Å². The zero-order valence-corrected chi connectivity index (χ0v) is 12.5. The van der Waals surface area contributed by atoms with Gasteiger partial charge in [-0.2, -0.15) is 0 Å². The average molecular weight is 309 g/mol. The second kappa shape index (κ2) is 8.55. The topological polar surface area (TPSA) is 133 Å². The largest absolute Gasteiger partial charge is 0.359 e. The summed E-state index contributed by atoms with van der Waals surface area (Å²) in [7, 11) is 1.49. The highest BCUT2D eigenvalue weighted by molar-refractivity contribution is 5.98. The Labute approximate surface area is 127 Å². The first kappa shape index (κ1) is 17.3. The monoisotopic (exact) mass is 309 g/mol. The lowest BCUT2D eigenvalue weighted by Crippen LogP contribution is -2.34. The van der Waals surface area contributed by atoms with Crippen molar-refractivity contribution in [1.82, 2.24) is 25.9 Å². The van der Waals surface area contributed by atoms with Gasteiger partial charge in [0.15, 0.2) is 11.6 Å². The molecule has 1 aromatic heterocycles. The molecule has 0 unspecified atom stereocenters. The Morgan fingerprint density at radius 1 is 1.14 bits per heavy atom. The van der Waals surface area contributed by atoms with Gasteiger partial charge in [-0.25, -0.2) is 4.98 Å². The number of rotatable bonds is 8. The molecule has 0 radical (unpaired) electrons. The fourth-order valence-corrected chi connectivity index (χ4v) is 1.56. The van der Waals surface area contributed by atoms with E-state index < -0.39 is 5.91 Å². The van der Waals surface area contributed by atoms with Gasteiger partial charge in [-0.15, -0.1) is 0 Å². The number of amides is 3. The predicted molar refractivity (Wildman–Crippen MR) is 77.2 cm³/mol. The quantitative estimate of drug-likeness (QED) is 0.360. The first-order valence-corrected chi connectivity index (χ1v) is 6.75. The lowest BCUT2D eigenvalue weighted by molar-refractivity contribution is -0.120. The van der Waals surface area contributed by atoms with E-state index in [0.29, 0.717) is 6.54 Å². The molecule has 0 aliphatic rings. The van der Waals surface area contributed by atoms with Crippen molar-refractivity contribution in [2.45, 2.75) is 19.8 Å². The summed E-state index contributed by atoms with van der Waals surface area (Å²) in [5, 5.41) is 7.50. The number of imidazole rings is 1. The first-order chi connectivity index (χ1) is 10.4. The van der Waals surface area contributed by atoms with Crippen LogP contribution in [0.15, 0.2) is 6.20 Å². The minimum Gasteiger partial charge on any atom is -0.359 e. The molecule has 0 atom stereocenters. The van der Waals surface area contributed by atoms with Crippen LogP contribution >= 0.6 is 0 Å². The van der Waals surface area contributed by atoms with Crippen molar-refractivity contribution in [1.29, 1.82) is 0 Å². The average Bonchev–Trinajstić information content (AvgIpc) is 2.98. The van der Waals surface area contributed by atoms with Crippen LogP contribution in [0.2, 0.25) is 0 Å². The molecule has 1 rings (SSSR count). The first-order valence-electron chi connectivity index (χ1n) is 6.75. The number of aromatic amines is 1. The highest BCUT2D eigenvalue weighted by atomic mass is 16.2. The molecule has 9 nitrogen and oxygen atoms in total. The van der Waals surface area contributed by atoms with E-state index in [2.05, 4.69) is 25.9 Å². The number of carbonyl (C=O) groups excluding carboxylic acids is 4. The van der Waals surface area contributed by atoms with Crippen molar-refractivity contribution < 1.29 is 19.2 Å². The fraction of sp³-hybridized carbons (Fsp3) is 0.462. The molecule has 0 bridgehead atoms. The molecule has 0 aliphatic heterocycles. The molecular weight excluding hydrogens is 290 g/mol. The summed E-state index contributed by atoms with van der Waals surface area (Å²) in [6, 6.07) is 0. The number of nitrogens with one attached hydrogen (secondary N) is 4. The van der Waals surface area contributed by atoms with E-state index in [1.165, 1.54) is 20.2 Å². The maximum atomic E-state index is 11.8. The Balaban J connectivity index is 2.45. The van der Waals surface area contributed by atoms with E-state index in [-0.39, 0.29) is 48.5 Å². The van der Waals surface area contributed by atoms with Gasteiger partial charge in [-0.1, -0.05) is 0 Å². The fourth-order valence-electron chi connectivity index (χ4n) is 1.56. The maximum absolute atomic E-state index is 11.8. The third kappa shape index (κ3) is 5.73. The Hall–Kier alpha value is -2.71. The van der Waals surface area contributed by atoms with Crippen molar-refractivity contribution in [3.05, 3.63) is 17.7 Å². The molecule has 1 heterocycles. The van der Waals surface area contributed by atoms with Gasteiger partial charge in [0.25, 0.3) is 5.91 Å². The molecular formula is C13H19N5O4. The van der Waals surface area contributed by atoms with Crippen molar-refractivity contribution in [3.63, 3.8) is 0 Å². The molecule has 0 aliphatic carbocycles. The Bertz CT molecular complexity index is 567. The van der Waals surface area contributed by atoms with Gasteiger partial charge < -0.3 is 20.9 Å². The highest BCUT2D eigenvalue weighted by Gasteiger charge is 2.15. The summed E-state index contributed by atoms with van der Waals surface area (Å²) >= 11 is 0. The maximum Gasteiger partial charge on any atom is 0.287 e. The number of nitrogens with zero attached hydrogens (tertiary/aromatic N) is 1. The lowest BCUT2D eigenvalue weighted by Gasteiger charge is -2.03. The van der Waals surface area contributed by atoms with Crippen LogP contribution in [0.25, 0.3) is 0 Å². The number of Topliss-reactive ketones (excluding diaryl/α,β-unsaturated/α-hetero) is 1. The lowest BCUT2D eigenvalue weighted by atomic mass is 10.2. The number of ketones is 1. The molecule has 0 aromatic carbocycles. The highest BCUT2D eigenvalue weighted by Crippen LogP contribution is 2.03. The third-order valence-corrected chi connectivity index (χ3v) is 2.73. The molecule has 0 fully saturated rings. The van der Waals surface area contributed by atoms with Crippen LogP contribution in [0.4, 0.5) is 0 Å². The van der Waals surface area contributed by atoms with Gasteiger partial charge in [0.1, 0.15) is 5.69 Å². The van der Waals surface area contributed by atoms with Crippen molar-refractivity contribution >= 4 is 23.5 Å². The van der Waals surface area contributed by atoms with Crippen molar-refractivity contribution in [3.8, 4) is 0 Å². The molecule has 3 amide bonds. The second-order valence-electron chi connectivity index (χ2n) is 4.48. The summed E-state index contributed by atoms with van der Waals surface area (Å²) in [5.74, 6) is -1.18. The van der Waals surface area contributed by atoms with Crippen molar-refractivity contribution in [2.75, 3.05) is 20.1 Å². The SMILES string of the molecule is CNC(=O)CCC(=O)c1cnc(C(=O)NCCNC(C)=O)[nH]1. The van der Waals surface area contributed by atoms with Crippen LogP contribution in [0.3, 0.4) is 0 Å². The summed E-state index contributed by atoms with van der Waals surface area (Å²) in [6.45, 7) is 1.93. The number of carbonyl (C=O) groups is 4. The van der Waals surface area contributed by atoms with Crippen LogP contribution in [0.5, 0.6) is 0 Å². The standard InChI is InChI=1S/C13H19N5O4/c1-8(19)15-5-6-16-13(22)12-17-7-9(18-12)10(20)3-4-11(21)14-2/h7H,3-6H2,1-2H3,(H,14,21)(H,15,19)(H,16,22)(H,17,18). The van der Waals surface area contributed by atoms with E-state index in [9.17, 15) is 19.2 Å². The van der Waals surface area contributed by atoms with Crippen molar-refractivity contribution in [2.24, 2.45) is 0 Å². The molecule has 0 saturated carbocycles. The van der Waals surface area contributed by atoms with Crippen LogP contribution in [0.1, 0.15) is 40.9 Å². The van der Waals surface area contributed by atoms with Crippen LogP contribution < -0.4 is 16.0 Å². The molecule has 0 saturated heterocycles. The smallest absolute Gasteiger partial charge is 0.287 e. The molecule has 1 aromatic rings. The third-order valence-electron chi connectivity index (χ3n) is 2.73. The summed E-state index contributed by atoms with van der Waals surface area (Å²) in [6.07, 6.45) is 1.37. The van der Waals surface area contributed by atoms with E-state index in [1.54, 1.807) is 0 Å².